The van der Waals surface area contributed by atoms with E-state index in [1.54, 1.807) is 17.0 Å². The predicted octanol–water partition coefficient (Wildman–Crippen LogP) is -0.193. The highest BCUT2D eigenvalue weighted by molar-refractivity contribution is 7.89. The second-order valence-electron chi connectivity index (χ2n) is 6.07. The third-order valence-corrected chi connectivity index (χ3v) is 6.42. The summed E-state index contributed by atoms with van der Waals surface area (Å²) < 4.78 is 31.9. The Morgan fingerprint density at radius 1 is 1.24 bits per heavy atom. The van der Waals surface area contributed by atoms with E-state index in [1.807, 2.05) is 0 Å². The van der Waals surface area contributed by atoms with E-state index in [0.29, 0.717) is 31.7 Å². The number of nitrogens with zero attached hydrogens (tertiary/aromatic N) is 2. The molecule has 0 aromatic heterocycles. The zero-order chi connectivity index (χ0) is 18.0. The third kappa shape index (κ3) is 3.62. The largest absolute Gasteiger partial charge is 0.497 e. The summed E-state index contributed by atoms with van der Waals surface area (Å²) in [6.45, 7) is 1.08. The molecule has 1 aromatic carbocycles. The van der Waals surface area contributed by atoms with Gasteiger partial charge in [0.15, 0.2) is 0 Å². The number of rotatable bonds is 4. The van der Waals surface area contributed by atoms with Crippen LogP contribution in [0.4, 0.5) is 0 Å². The lowest BCUT2D eigenvalue weighted by molar-refractivity contribution is -0.135. The van der Waals surface area contributed by atoms with Gasteiger partial charge in [-0.3, -0.25) is 9.59 Å². The van der Waals surface area contributed by atoms with Crippen molar-refractivity contribution in [1.29, 1.82) is 0 Å². The summed E-state index contributed by atoms with van der Waals surface area (Å²) in [6.07, 6.45) is 0.862. The number of hydrogen-bond acceptors (Lipinski definition) is 5. The number of sulfonamides is 1. The maximum absolute atomic E-state index is 12.7. The molecule has 1 aromatic rings. The van der Waals surface area contributed by atoms with Crippen LogP contribution in [-0.2, 0) is 19.6 Å². The molecule has 3 rings (SSSR count). The summed E-state index contributed by atoms with van der Waals surface area (Å²) in [5.74, 6) is 0.230. The minimum absolute atomic E-state index is 0.113. The lowest BCUT2D eigenvalue weighted by Crippen LogP contribution is -2.54. The smallest absolute Gasteiger partial charge is 0.245 e. The van der Waals surface area contributed by atoms with E-state index in [9.17, 15) is 18.0 Å². The monoisotopic (exact) mass is 367 g/mol. The van der Waals surface area contributed by atoms with Gasteiger partial charge in [0, 0.05) is 38.7 Å². The Morgan fingerprint density at radius 2 is 1.96 bits per heavy atom. The van der Waals surface area contributed by atoms with Crippen LogP contribution in [-0.4, -0.2) is 68.8 Å². The molecule has 9 heteroatoms. The molecule has 0 radical (unpaired) electrons. The average molecular weight is 367 g/mol. The molecule has 25 heavy (non-hydrogen) atoms. The molecule has 2 aliphatic rings. The van der Waals surface area contributed by atoms with Gasteiger partial charge in [-0.05, 0) is 18.6 Å². The van der Waals surface area contributed by atoms with Crippen LogP contribution in [0.1, 0.15) is 12.8 Å². The van der Waals surface area contributed by atoms with Crippen molar-refractivity contribution in [3.05, 3.63) is 24.3 Å². The van der Waals surface area contributed by atoms with E-state index in [2.05, 4.69) is 5.32 Å². The number of benzene rings is 1. The van der Waals surface area contributed by atoms with Crippen molar-refractivity contribution >= 4 is 21.8 Å². The van der Waals surface area contributed by atoms with Crippen molar-refractivity contribution in [2.45, 2.75) is 23.8 Å². The highest BCUT2D eigenvalue weighted by atomic mass is 32.2. The van der Waals surface area contributed by atoms with Crippen molar-refractivity contribution in [3.63, 3.8) is 0 Å². The Morgan fingerprint density at radius 3 is 2.56 bits per heavy atom. The molecule has 0 bridgehead atoms. The van der Waals surface area contributed by atoms with E-state index in [0.717, 1.165) is 0 Å². The highest BCUT2D eigenvalue weighted by Crippen LogP contribution is 2.22. The second kappa shape index (κ2) is 7.01. The van der Waals surface area contributed by atoms with Gasteiger partial charge in [-0.1, -0.05) is 6.07 Å². The summed E-state index contributed by atoms with van der Waals surface area (Å²) >= 11 is 0. The number of nitrogens with one attached hydrogen (secondary N) is 1. The van der Waals surface area contributed by atoms with Gasteiger partial charge in [0.2, 0.25) is 21.8 Å². The van der Waals surface area contributed by atoms with Crippen LogP contribution in [0.5, 0.6) is 5.75 Å². The van der Waals surface area contributed by atoms with Crippen molar-refractivity contribution in [1.82, 2.24) is 14.5 Å². The maximum atomic E-state index is 12.7. The molecule has 0 spiro atoms. The SMILES string of the molecule is COc1cccc(S(=O)(=O)N2CCN(C(=O)C3CCC(=O)N3)CC2)c1. The van der Waals surface area contributed by atoms with Gasteiger partial charge in [-0.25, -0.2) is 8.42 Å². The average Bonchev–Trinajstić information content (AvgIpc) is 3.07. The minimum atomic E-state index is -3.63. The number of methoxy groups -OCH3 is 1. The molecule has 2 amide bonds. The van der Waals surface area contributed by atoms with Crippen molar-refractivity contribution in [2.24, 2.45) is 0 Å². The third-order valence-electron chi connectivity index (χ3n) is 4.52. The Balaban J connectivity index is 1.65. The molecule has 0 aliphatic carbocycles. The van der Waals surface area contributed by atoms with Gasteiger partial charge in [-0.15, -0.1) is 0 Å². The molecule has 2 saturated heterocycles. The van der Waals surface area contributed by atoms with Crippen LogP contribution < -0.4 is 10.1 Å². The van der Waals surface area contributed by atoms with E-state index in [-0.39, 0.29) is 29.8 Å². The fraction of sp³-hybridized carbons (Fsp3) is 0.500. The maximum Gasteiger partial charge on any atom is 0.245 e. The zero-order valence-corrected chi connectivity index (χ0v) is 14.8. The number of hydrogen-bond donors (Lipinski definition) is 1. The van der Waals surface area contributed by atoms with Crippen molar-refractivity contribution in [3.8, 4) is 5.75 Å². The molecule has 1 N–H and O–H groups in total. The summed E-state index contributed by atoms with van der Waals surface area (Å²) in [6, 6.07) is 5.86. The van der Waals surface area contributed by atoms with Gasteiger partial charge in [0.1, 0.15) is 11.8 Å². The van der Waals surface area contributed by atoms with Gasteiger partial charge in [-0.2, -0.15) is 4.31 Å². The van der Waals surface area contributed by atoms with Crippen LogP contribution >= 0.6 is 0 Å². The summed E-state index contributed by atoms with van der Waals surface area (Å²) in [5.41, 5.74) is 0. The molecule has 136 valence electrons. The molecule has 2 heterocycles. The molecule has 1 unspecified atom stereocenters. The number of carbonyl (C=O) groups excluding carboxylic acids is 2. The molecule has 0 saturated carbocycles. The summed E-state index contributed by atoms with van der Waals surface area (Å²) in [4.78, 5) is 25.4. The normalized spacial score (nSPS) is 21.9. The number of carbonyl (C=O) groups is 2. The van der Waals surface area contributed by atoms with E-state index in [1.165, 1.54) is 23.5 Å². The van der Waals surface area contributed by atoms with E-state index in [4.69, 9.17) is 4.74 Å². The molecule has 8 nitrogen and oxygen atoms in total. The number of piperazine rings is 1. The second-order valence-corrected chi connectivity index (χ2v) is 8.01. The standard InChI is InChI=1S/C16H21N3O5S/c1-24-12-3-2-4-13(11-12)25(22,23)19-9-7-18(8-10-19)16(21)14-5-6-15(20)17-14/h2-4,11,14H,5-10H2,1H3,(H,17,20). The highest BCUT2D eigenvalue weighted by Gasteiger charge is 2.35. The summed E-state index contributed by atoms with van der Waals surface area (Å²) in [5, 5.41) is 2.65. The van der Waals surface area contributed by atoms with E-state index < -0.39 is 16.1 Å². The van der Waals surface area contributed by atoms with Crippen LogP contribution in [0.25, 0.3) is 0 Å². The lowest BCUT2D eigenvalue weighted by atomic mass is 10.2. The quantitative estimate of drug-likeness (QED) is 0.796. The van der Waals surface area contributed by atoms with Crippen LogP contribution in [0, 0.1) is 0 Å². The molecule has 1 atom stereocenters. The Kier molecular flexibility index (Phi) is 4.96. The molecule has 2 fully saturated rings. The van der Waals surface area contributed by atoms with Crippen LogP contribution in [0.3, 0.4) is 0 Å². The van der Waals surface area contributed by atoms with Crippen molar-refractivity contribution in [2.75, 3.05) is 33.3 Å². The first-order valence-electron chi connectivity index (χ1n) is 8.14. The topological polar surface area (TPSA) is 96.0 Å². The zero-order valence-electron chi connectivity index (χ0n) is 14.0. The molecular formula is C16H21N3O5S. The van der Waals surface area contributed by atoms with E-state index >= 15 is 0 Å². The summed E-state index contributed by atoms with van der Waals surface area (Å²) in [7, 11) is -2.14. The number of ether oxygens (including phenoxy) is 1. The number of amides is 2. The van der Waals surface area contributed by atoms with Crippen LogP contribution in [0.2, 0.25) is 0 Å². The van der Waals surface area contributed by atoms with Gasteiger partial charge >= 0.3 is 0 Å². The van der Waals surface area contributed by atoms with Gasteiger partial charge < -0.3 is 15.0 Å². The fourth-order valence-electron chi connectivity index (χ4n) is 3.08. The van der Waals surface area contributed by atoms with Crippen molar-refractivity contribution < 1.29 is 22.7 Å². The molecule has 2 aliphatic heterocycles. The Hall–Kier alpha value is -2.13. The molecular weight excluding hydrogens is 346 g/mol. The van der Waals surface area contributed by atoms with Crippen LogP contribution in [0.15, 0.2) is 29.2 Å². The Labute approximate surface area is 146 Å². The first-order valence-corrected chi connectivity index (χ1v) is 9.58. The van der Waals surface area contributed by atoms with Gasteiger partial charge in [0.25, 0.3) is 0 Å². The first kappa shape index (κ1) is 17.7. The Bertz CT molecular complexity index is 772. The van der Waals surface area contributed by atoms with Gasteiger partial charge in [0.05, 0.1) is 12.0 Å². The predicted molar refractivity (Wildman–Crippen MR) is 89.5 cm³/mol. The fourth-order valence-corrected chi connectivity index (χ4v) is 4.54. The minimum Gasteiger partial charge on any atom is -0.497 e. The lowest BCUT2D eigenvalue weighted by Gasteiger charge is -2.35. The first-order chi connectivity index (χ1) is 11.9.